The van der Waals surface area contributed by atoms with Gasteiger partial charge in [-0.1, -0.05) is 0 Å². The fourth-order valence-corrected chi connectivity index (χ4v) is 0.705. The van der Waals surface area contributed by atoms with Gasteiger partial charge in [0.25, 0.3) is 0 Å². The number of carboxylic acids is 2. The highest BCUT2D eigenvalue weighted by atomic mass is 16.4. The Bertz CT molecular complexity index is 350. The van der Waals surface area contributed by atoms with Gasteiger partial charge in [0.05, 0.1) is 6.42 Å². The Labute approximate surface area is 96.2 Å². The molecule has 0 aliphatic rings. The van der Waals surface area contributed by atoms with E-state index >= 15 is 0 Å². The lowest BCUT2D eigenvalue weighted by atomic mass is 10.3. The van der Waals surface area contributed by atoms with E-state index in [4.69, 9.17) is 25.5 Å². The second kappa shape index (κ2) is 7.07. The minimum absolute atomic E-state index is 0.169. The van der Waals surface area contributed by atoms with Crippen LogP contribution in [0.15, 0.2) is 24.3 Å². The van der Waals surface area contributed by atoms with Crippen molar-refractivity contribution in [1.82, 2.24) is 0 Å². The highest BCUT2D eigenvalue weighted by Crippen LogP contribution is 2.13. The maximum Gasteiger partial charge on any atom is 0.333 e. The first-order valence-electron chi connectivity index (χ1n) is 4.43. The quantitative estimate of drug-likeness (QED) is 0.472. The van der Waals surface area contributed by atoms with Gasteiger partial charge < -0.3 is 25.5 Å². The van der Waals surface area contributed by atoms with E-state index in [1.54, 1.807) is 0 Å². The Morgan fingerprint density at radius 1 is 1.00 bits per heavy atom. The van der Waals surface area contributed by atoms with Crippen molar-refractivity contribution in [3.8, 4) is 11.5 Å². The van der Waals surface area contributed by atoms with E-state index in [0.717, 1.165) is 0 Å². The number of carbonyl (C=O) groups is 2. The van der Waals surface area contributed by atoms with E-state index in [1.165, 1.54) is 24.3 Å². The summed E-state index contributed by atoms with van der Waals surface area (Å²) < 4.78 is 0. The van der Waals surface area contributed by atoms with Crippen LogP contribution in [0.25, 0.3) is 0 Å². The fourth-order valence-electron chi connectivity index (χ4n) is 0.705. The van der Waals surface area contributed by atoms with Crippen LogP contribution in [-0.4, -0.2) is 43.6 Å². The molecule has 0 radical (unpaired) electrons. The number of aliphatic hydroxyl groups excluding tert-OH is 1. The molecule has 0 aromatic heterocycles. The average Bonchev–Trinajstić information content (AvgIpc) is 2.22. The Morgan fingerprint density at radius 2 is 1.35 bits per heavy atom. The largest absolute Gasteiger partial charge is 0.508 e. The molecule has 0 aliphatic carbocycles. The molecule has 5 N–H and O–H groups in total. The predicted octanol–water partition coefficient (Wildman–Crippen LogP) is 0.00440. The molecule has 1 atom stereocenters. The molecule has 94 valence electrons. The molecule has 1 aromatic carbocycles. The maximum atomic E-state index is 9.72. The van der Waals surface area contributed by atoms with Crippen LogP contribution >= 0.6 is 0 Å². The monoisotopic (exact) mass is 244 g/mol. The predicted molar refractivity (Wildman–Crippen MR) is 55.7 cm³/mol. The summed E-state index contributed by atoms with van der Waals surface area (Å²) in [5.41, 5.74) is 0. The Balaban J connectivity index is 0.000000302. The van der Waals surface area contributed by atoms with Gasteiger partial charge in [-0.15, -0.1) is 0 Å². The van der Waals surface area contributed by atoms with Gasteiger partial charge in [-0.25, -0.2) is 4.79 Å². The molecule has 1 aromatic rings. The van der Waals surface area contributed by atoms with Gasteiger partial charge in [-0.05, 0) is 24.3 Å². The molecule has 0 fully saturated rings. The number of rotatable bonds is 3. The van der Waals surface area contributed by atoms with Crippen molar-refractivity contribution in [2.45, 2.75) is 12.5 Å². The van der Waals surface area contributed by atoms with Crippen molar-refractivity contribution in [3.63, 3.8) is 0 Å². The van der Waals surface area contributed by atoms with Gasteiger partial charge in [-0.3, -0.25) is 4.79 Å². The Hall–Kier alpha value is -2.28. The van der Waals surface area contributed by atoms with Crippen molar-refractivity contribution >= 4 is 11.9 Å². The number of phenolic OH excluding ortho intramolecular Hbond substituents is 2. The average molecular weight is 244 g/mol. The molecule has 7 nitrogen and oxygen atoms in total. The van der Waals surface area contributed by atoms with E-state index < -0.39 is 24.5 Å². The summed E-state index contributed by atoms with van der Waals surface area (Å²) in [6, 6.07) is 5.70. The lowest BCUT2D eigenvalue weighted by Crippen LogP contribution is -2.22. The summed E-state index contributed by atoms with van der Waals surface area (Å²) in [7, 11) is 0. The summed E-state index contributed by atoms with van der Waals surface area (Å²) in [6.07, 6.45) is -2.54. The van der Waals surface area contributed by atoms with Crippen LogP contribution in [0.2, 0.25) is 0 Å². The molecule has 1 unspecified atom stereocenters. The summed E-state index contributed by atoms with van der Waals surface area (Å²) >= 11 is 0. The summed E-state index contributed by atoms with van der Waals surface area (Å²) in [5.74, 6) is -2.51. The van der Waals surface area contributed by atoms with Gasteiger partial charge in [0.15, 0.2) is 6.10 Å². The number of aliphatic carboxylic acids is 2. The molecular formula is C10H12O7. The minimum atomic E-state index is -1.79. The minimum Gasteiger partial charge on any atom is -0.508 e. The van der Waals surface area contributed by atoms with E-state index in [2.05, 4.69) is 0 Å². The van der Waals surface area contributed by atoms with E-state index in [0.29, 0.717) is 0 Å². The number of aromatic hydroxyl groups is 2. The molecule has 0 heterocycles. The first-order chi connectivity index (χ1) is 7.82. The third-order valence-electron chi connectivity index (χ3n) is 1.50. The molecule has 0 spiro atoms. The van der Waals surface area contributed by atoms with Crippen LogP contribution < -0.4 is 0 Å². The number of aliphatic hydroxyl groups is 1. The fraction of sp³-hybridized carbons (Fsp3) is 0.200. The highest BCUT2D eigenvalue weighted by molar-refractivity contribution is 5.79. The molecule has 0 saturated carbocycles. The molecule has 0 aliphatic heterocycles. The Morgan fingerprint density at radius 3 is 1.53 bits per heavy atom. The number of benzene rings is 1. The molecule has 7 heteroatoms. The molecule has 1 rings (SSSR count). The lowest BCUT2D eigenvalue weighted by Gasteiger charge is -1.97. The first-order valence-corrected chi connectivity index (χ1v) is 4.43. The second-order valence-electron chi connectivity index (χ2n) is 2.97. The van der Waals surface area contributed by atoms with Crippen molar-refractivity contribution in [3.05, 3.63) is 24.3 Å². The van der Waals surface area contributed by atoms with Crippen LogP contribution in [0.5, 0.6) is 11.5 Å². The number of phenols is 2. The van der Waals surface area contributed by atoms with Crippen molar-refractivity contribution in [2.75, 3.05) is 0 Å². The summed E-state index contributed by atoms with van der Waals surface area (Å²) in [4.78, 5) is 19.4. The van der Waals surface area contributed by atoms with Crippen LogP contribution in [0, 0.1) is 0 Å². The topological polar surface area (TPSA) is 135 Å². The zero-order valence-corrected chi connectivity index (χ0v) is 8.65. The highest BCUT2D eigenvalue weighted by Gasteiger charge is 2.16. The van der Waals surface area contributed by atoms with Gasteiger partial charge in [0.1, 0.15) is 11.5 Å². The summed E-state index contributed by atoms with van der Waals surface area (Å²) in [5, 5.41) is 41.4. The standard InChI is InChI=1S/C6H6O2.C4H6O5/c7-5-1-2-6(8)4-3-5;5-2(4(8)9)1-3(6)7/h1-4,7-8H;2,5H,1H2,(H,6,7)(H,8,9). The van der Waals surface area contributed by atoms with Gasteiger partial charge in [0.2, 0.25) is 0 Å². The van der Waals surface area contributed by atoms with E-state index in [9.17, 15) is 9.59 Å². The number of hydrogen-bond donors (Lipinski definition) is 5. The third kappa shape index (κ3) is 7.63. The molecular weight excluding hydrogens is 232 g/mol. The van der Waals surface area contributed by atoms with Crippen LogP contribution in [0.3, 0.4) is 0 Å². The van der Waals surface area contributed by atoms with Gasteiger partial charge in [0, 0.05) is 0 Å². The van der Waals surface area contributed by atoms with Gasteiger partial charge >= 0.3 is 11.9 Å². The Kier molecular flexibility index (Phi) is 6.12. The number of carboxylic acid groups (broad SMARTS) is 2. The third-order valence-corrected chi connectivity index (χ3v) is 1.50. The normalized spacial score (nSPS) is 10.9. The first kappa shape index (κ1) is 14.7. The summed E-state index contributed by atoms with van der Waals surface area (Å²) in [6.45, 7) is 0. The van der Waals surface area contributed by atoms with Crippen molar-refractivity contribution in [2.24, 2.45) is 0 Å². The second-order valence-corrected chi connectivity index (χ2v) is 2.97. The van der Waals surface area contributed by atoms with Crippen LogP contribution in [-0.2, 0) is 9.59 Å². The van der Waals surface area contributed by atoms with Crippen LogP contribution in [0.1, 0.15) is 6.42 Å². The number of hydrogen-bond acceptors (Lipinski definition) is 5. The molecule has 0 amide bonds. The van der Waals surface area contributed by atoms with E-state index in [-0.39, 0.29) is 11.5 Å². The molecule has 0 saturated heterocycles. The van der Waals surface area contributed by atoms with Crippen LogP contribution in [0.4, 0.5) is 0 Å². The van der Waals surface area contributed by atoms with Crippen molar-refractivity contribution < 1.29 is 35.1 Å². The zero-order valence-electron chi connectivity index (χ0n) is 8.65. The molecule has 0 bridgehead atoms. The smallest absolute Gasteiger partial charge is 0.333 e. The zero-order chi connectivity index (χ0) is 13.4. The van der Waals surface area contributed by atoms with Gasteiger partial charge in [-0.2, -0.15) is 0 Å². The lowest BCUT2D eigenvalue weighted by molar-refractivity contribution is -0.152. The SMILES string of the molecule is O=C(O)CC(O)C(=O)O.Oc1ccc(O)cc1. The maximum absolute atomic E-state index is 9.72. The van der Waals surface area contributed by atoms with Crippen molar-refractivity contribution in [1.29, 1.82) is 0 Å². The molecule has 17 heavy (non-hydrogen) atoms. The van der Waals surface area contributed by atoms with E-state index in [1.807, 2.05) is 0 Å².